The van der Waals surface area contributed by atoms with Gasteiger partial charge in [0.25, 0.3) is 0 Å². The number of aryl methyl sites for hydroxylation is 1. The minimum absolute atomic E-state index is 0.00541. The van der Waals surface area contributed by atoms with Gasteiger partial charge in [0.05, 0.1) is 17.3 Å². The standard InChI is InChI=1S/C20H24F3N3OS/c1-3-15-7-4-5-9-18(15)26(14(2)27)19-24-17(13-28-19)12-25-10-6-8-16(11-25)20(21,22)23/h4-5,7,9,13,16H,3,6,8,10-12H2,1-2H3. The number of halogens is 3. The average Bonchev–Trinajstić information content (AvgIpc) is 3.09. The smallest absolute Gasteiger partial charge is 0.297 e. The van der Waals surface area contributed by atoms with Crippen LogP contribution in [0.3, 0.4) is 0 Å². The minimum Gasteiger partial charge on any atom is -0.297 e. The first-order valence-corrected chi connectivity index (χ1v) is 10.3. The molecule has 8 heteroatoms. The molecule has 0 bridgehead atoms. The van der Waals surface area contributed by atoms with Gasteiger partial charge in [-0.05, 0) is 37.4 Å². The van der Waals surface area contributed by atoms with Gasteiger partial charge >= 0.3 is 6.18 Å². The van der Waals surface area contributed by atoms with Crippen molar-refractivity contribution in [1.29, 1.82) is 0 Å². The number of aromatic nitrogens is 1. The van der Waals surface area contributed by atoms with Gasteiger partial charge in [-0.3, -0.25) is 14.6 Å². The van der Waals surface area contributed by atoms with E-state index < -0.39 is 12.1 Å². The van der Waals surface area contributed by atoms with Crippen molar-refractivity contribution < 1.29 is 18.0 Å². The largest absolute Gasteiger partial charge is 0.393 e. The number of para-hydroxylation sites is 1. The Hall–Kier alpha value is -1.93. The summed E-state index contributed by atoms with van der Waals surface area (Å²) in [7, 11) is 0. The molecule has 0 aliphatic carbocycles. The maximum atomic E-state index is 13.0. The third-order valence-electron chi connectivity index (χ3n) is 5.01. The number of amides is 1. The van der Waals surface area contributed by atoms with Crippen LogP contribution in [0.2, 0.25) is 0 Å². The van der Waals surface area contributed by atoms with E-state index in [1.165, 1.54) is 18.3 Å². The Morgan fingerprint density at radius 3 is 2.79 bits per heavy atom. The number of carbonyl (C=O) groups excluding carboxylic acids is 1. The molecule has 152 valence electrons. The minimum atomic E-state index is -4.15. The number of anilines is 2. The molecule has 0 spiro atoms. The highest BCUT2D eigenvalue weighted by Gasteiger charge is 2.41. The number of hydrogen-bond acceptors (Lipinski definition) is 4. The average molecular weight is 411 g/mol. The zero-order chi connectivity index (χ0) is 20.3. The molecule has 0 radical (unpaired) electrons. The van der Waals surface area contributed by atoms with Crippen LogP contribution in [0.4, 0.5) is 24.0 Å². The fraction of sp³-hybridized carbons (Fsp3) is 0.500. The van der Waals surface area contributed by atoms with Crippen molar-refractivity contribution in [3.63, 3.8) is 0 Å². The van der Waals surface area contributed by atoms with Gasteiger partial charge in [0.2, 0.25) is 5.91 Å². The molecule has 0 N–H and O–H groups in total. The van der Waals surface area contributed by atoms with Gasteiger partial charge in [-0.2, -0.15) is 13.2 Å². The molecule has 28 heavy (non-hydrogen) atoms. The van der Waals surface area contributed by atoms with Crippen molar-refractivity contribution in [3.05, 3.63) is 40.9 Å². The fourth-order valence-corrected chi connectivity index (χ4v) is 4.47. The molecule has 1 unspecified atom stereocenters. The van der Waals surface area contributed by atoms with Gasteiger partial charge in [-0.15, -0.1) is 11.3 Å². The van der Waals surface area contributed by atoms with Crippen LogP contribution < -0.4 is 4.90 Å². The number of hydrogen-bond donors (Lipinski definition) is 0. The molecule has 4 nitrogen and oxygen atoms in total. The van der Waals surface area contributed by atoms with Crippen molar-refractivity contribution >= 4 is 28.1 Å². The fourth-order valence-electron chi connectivity index (χ4n) is 3.60. The molecule has 1 aromatic carbocycles. The van der Waals surface area contributed by atoms with Gasteiger partial charge in [-0.25, -0.2) is 4.98 Å². The summed E-state index contributed by atoms with van der Waals surface area (Å²) in [5.74, 6) is -1.42. The van der Waals surface area contributed by atoms with Crippen LogP contribution in [0, 0.1) is 5.92 Å². The van der Waals surface area contributed by atoms with Crippen LogP contribution >= 0.6 is 11.3 Å². The maximum absolute atomic E-state index is 13.0. The van der Waals surface area contributed by atoms with Crippen molar-refractivity contribution in [1.82, 2.24) is 9.88 Å². The van der Waals surface area contributed by atoms with Gasteiger partial charge in [0.15, 0.2) is 5.13 Å². The molecule has 1 aromatic heterocycles. The Kier molecular flexibility index (Phi) is 6.40. The van der Waals surface area contributed by atoms with Crippen molar-refractivity contribution in [2.75, 3.05) is 18.0 Å². The predicted octanol–water partition coefficient (Wildman–Crippen LogP) is 5.16. The van der Waals surface area contributed by atoms with Crippen LogP contribution in [0.15, 0.2) is 29.6 Å². The molecule has 3 rings (SSSR count). The topological polar surface area (TPSA) is 36.4 Å². The Balaban J connectivity index is 1.77. The maximum Gasteiger partial charge on any atom is 0.393 e. The van der Waals surface area contributed by atoms with Crippen LogP contribution in [0.5, 0.6) is 0 Å². The first-order valence-electron chi connectivity index (χ1n) is 9.41. The summed E-state index contributed by atoms with van der Waals surface area (Å²) in [5.41, 5.74) is 2.54. The number of benzene rings is 1. The SMILES string of the molecule is CCc1ccccc1N(C(C)=O)c1nc(CN2CCCC(C(F)(F)F)C2)cs1. The lowest BCUT2D eigenvalue weighted by Crippen LogP contribution is -2.41. The summed E-state index contributed by atoms with van der Waals surface area (Å²) in [6.07, 6.45) is -2.65. The number of alkyl halides is 3. The number of likely N-dealkylation sites (tertiary alicyclic amines) is 1. The van der Waals surface area contributed by atoms with E-state index in [-0.39, 0.29) is 18.9 Å². The second-order valence-corrected chi connectivity index (χ2v) is 7.91. The zero-order valence-corrected chi connectivity index (χ0v) is 16.8. The van der Waals surface area contributed by atoms with E-state index in [0.717, 1.165) is 17.7 Å². The first-order chi connectivity index (χ1) is 13.3. The zero-order valence-electron chi connectivity index (χ0n) is 16.0. The monoisotopic (exact) mass is 411 g/mol. The molecule has 1 saturated heterocycles. The third-order valence-corrected chi connectivity index (χ3v) is 5.89. The van der Waals surface area contributed by atoms with E-state index in [0.29, 0.717) is 30.3 Å². The van der Waals surface area contributed by atoms with Gasteiger partial charge < -0.3 is 0 Å². The highest BCUT2D eigenvalue weighted by Crippen LogP contribution is 2.35. The van der Waals surface area contributed by atoms with Crippen molar-refractivity contribution in [3.8, 4) is 0 Å². The second-order valence-electron chi connectivity index (χ2n) is 7.07. The molecule has 1 atom stereocenters. The Morgan fingerprint density at radius 1 is 1.36 bits per heavy atom. The van der Waals surface area contributed by atoms with Gasteiger partial charge in [0, 0.05) is 25.4 Å². The predicted molar refractivity (Wildman–Crippen MR) is 105 cm³/mol. The molecule has 1 amide bonds. The summed E-state index contributed by atoms with van der Waals surface area (Å²) in [6, 6.07) is 7.68. The van der Waals surface area contributed by atoms with E-state index in [1.807, 2.05) is 36.6 Å². The molecular weight excluding hydrogens is 387 g/mol. The van der Waals surface area contributed by atoms with Gasteiger partial charge in [0.1, 0.15) is 0 Å². The summed E-state index contributed by atoms with van der Waals surface area (Å²) < 4.78 is 39.1. The van der Waals surface area contributed by atoms with Crippen molar-refractivity contribution in [2.45, 2.75) is 45.8 Å². The molecule has 2 aromatic rings. The van der Waals surface area contributed by atoms with E-state index in [9.17, 15) is 18.0 Å². The first kappa shape index (κ1) is 20.8. The number of nitrogens with zero attached hydrogens (tertiary/aromatic N) is 3. The molecule has 2 heterocycles. The Morgan fingerprint density at radius 2 is 2.11 bits per heavy atom. The Labute approximate surface area is 167 Å². The Bertz CT molecular complexity index is 821. The van der Waals surface area contributed by atoms with Crippen LogP contribution in [-0.2, 0) is 17.8 Å². The molecule has 1 aliphatic heterocycles. The normalized spacial score (nSPS) is 18.2. The van der Waals surface area contributed by atoms with E-state index >= 15 is 0 Å². The lowest BCUT2D eigenvalue weighted by molar-refractivity contribution is -0.187. The number of thiazole rings is 1. The lowest BCUT2D eigenvalue weighted by Gasteiger charge is -2.33. The lowest BCUT2D eigenvalue weighted by atomic mass is 9.97. The van der Waals surface area contributed by atoms with Crippen LogP contribution in [0.25, 0.3) is 0 Å². The van der Waals surface area contributed by atoms with Crippen LogP contribution in [0.1, 0.15) is 37.9 Å². The molecule has 1 fully saturated rings. The summed E-state index contributed by atoms with van der Waals surface area (Å²) in [4.78, 5) is 20.3. The molecule has 0 saturated carbocycles. The third kappa shape index (κ3) is 4.72. The highest BCUT2D eigenvalue weighted by molar-refractivity contribution is 7.14. The summed E-state index contributed by atoms with van der Waals surface area (Å²) in [5, 5.41) is 2.38. The van der Waals surface area contributed by atoms with Crippen LogP contribution in [-0.4, -0.2) is 35.1 Å². The quantitative estimate of drug-likeness (QED) is 0.682. The number of carbonyl (C=O) groups is 1. The molecular formula is C20H24F3N3OS. The van der Waals surface area contributed by atoms with E-state index in [1.54, 1.807) is 9.80 Å². The molecule has 1 aliphatic rings. The van der Waals surface area contributed by atoms with E-state index in [4.69, 9.17) is 0 Å². The summed E-state index contributed by atoms with van der Waals surface area (Å²) >= 11 is 1.34. The highest BCUT2D eigenvalue weighted by atomic mass is 32.1. The summed E-state index contributed by atoms with van der Waals surface area (Å²) in [6.45, 7) is 4.52. The van der Waals surface area contributed by atoms with E-state index in [2.05, 4.69) is 4.98 Å². The van der Waals surface area contributed by atoms with Crippen molar-refractivity contribution in [2.24, 2.45) is 5.92 Å². The number of piperidine rings is 1. The number of rotatable bonds is 5. The van der Waals surface area contributed by atoms with Gasteiger partial charge in [-0.1, -0.05) is 25.1 Å². The second kappa shape index (κ2) is 8.61.